The Balaban J connectivity index is 1.80. The van der Waals surface area contributed by atoms with Crippen molar-refractivity contribution in [2.45, 2.75) is 26.7 Å². The van der Waals surface area contributed by atoms with E-state index in [0.717, 1.165) is 23.2 Å². The number of halogens is 1. The Morgan fingerprint density at radius 2 is 2.11 bits per heavy atom. The minimum Gasteiger partial charge on any atom is -0.495 e. The van der Waals surface area contributed by atoms with Gasteiger partial charge in [0.25, 0.3) is 0 Å². The van der Waals surface area contributed by atoms with Crippen LogP contribution >= 0.6 is 11.6 Å². The van der Waals surface area contributed by atoms with Crippen molar-refractivity contribution in [2.24, 2.45) is 5.92 Å². The Labute approximate surface area is 164 Å². The van der Waals surface area contributed by atoms with Crippen molar-refractivity contribution in [3.63, 3.8) is 0 Å². The summed E-state index contributed by atoms with van der Waals surface area (Å²) >= 11 is 6.08. The van der Waals surface area contributed by atoms with Gasteiger partial charge in [-0.3, -0.25) is 9.59 Å². The number of carbonyl (C=O) groups excluding carboxylic acids is 2. The summed E-state index contributed by atoms with van der Waals surface area (Å²) in [5, 5.41) is 3.54. The van der Waals surface area contributed by atoms with Crippen LogP contribution in [0.4, 0.5) is 11.4 Å². The number of anilines is 2. The van der Waals surface area contributed by atoms with E-state index in [-0.39, 0.29) is 18.2 Å². The van der Waals surface area contributed by atoms with Crippen molar-refractivity contribution in [3.05, 3.63) is 52.5 Å². The third-order valence-corrected chi connectivity index (χ3v) is 5.15. The predicted octanol–water partition coefficient (Wildman–Crippen LogP) is 4.21. The van der Waals surface area contributed by atoms with Crippen LogP contribution in [0.5, 0.6) is 5.75 Å². The second-order valence-electron chi connectivity index (χ2n) is 6.67. The number of rotatable bonds is 5. The zero-order valence-electron chi connectivity index (χ0n) is 15.7. The van der Waals surface area contributed by atoms with Crippen molar-refractivity contribution < 1.29 is 14.3 Å². The molecule has 0 aromatic heterocycles. The molecule has 0 spiro atoms. The standard InChI is InChI=1S/C21H23ClN2O3/c1-4-14-7-5-6-13(2)20(14)23-21(26)15-10-19(25)24(12-15)17-11-16(22)8-9-18(17)27-3/h5-9,11,15H,4,10,12H2,1-3H3,(H,23,26). The molecule has 0 bridgehead atoms. The van der Waals surface area contributed by atoms with E-state index in [1.54, 1.807) is 30.2 Å². The Hall–Kier alpha value is -2.53. The van der Waals surface area contributed by atoms with Crippen molar-refractivity contribution in [3.8, 4) is 5.75 Å². The summed E-state index contributed by atoms with van der Waals surface area (Å²) in [6, 6.07) is 11.1. The molecule has 2 aromatic carbocycles. The fourth-order valence-corrected chi connectivity index (χ4v) is 3.58. The lowest BCUT2D eigenvalue weighted by Gasteiger charge is -2.20. The van der Waals surface area contributed by atoms with E-state index in [2.05, 4.69) is 12.2 Å². The molecule has 3 rings (SSSR count). The van der Waals surface area contributed by atoms with E-state index in [1.165, 1.54) is 0 Å². The number of hydrogen-bond acceptors (Lipinski definition) is 3. The van der Waals surface area contributed by atoms with Crippen LogP contribution in [-0.4, -0.2) is 25.5 Å². The fourth-order valence-electron chi connectivity index (χ4n) is 3.42. The second kappa shape index (κ2) is 8.01. The Kier molecular flexibility index (Phi) is 5.71. The zero-order valence-corrected chi connectivity index (χ0v) is 16.5. The van der Waals surface area contributed by atoms with E-state index < -0.39 is 5.92 Å². The molecule has 1 fully saturated rings. The van der Waals surface area contributed by atoms with Crippen LogP contribution in [0.2, 0.25) is 5.02 Å². The molecule has 1 aliphatic heterocycles. The van der Waals surface area contributed by atoms with Gasteiger partial charge in [0.2, 0.25) is 11.8 Å². The molecule has 1 unspecified atom stereocenters. The lowest BCUT2D eigenvalue weighted by molar-refractivity contribution is -0.122. The van der Waals surface area contributed by atoms with Gasteiger partial charge in [-0.1, -0.05) is 36.7 Å². The molecule has 2 amide bonds. The first kappa shape index (κ1) is 19.2. The summed E-state index contributed by atoms with van der Waals surface area (Å²) in [7, 11) is 1.54. The molecule has 5 nitrogen and oxygen atoms in total. The molecule has 1 atom stereocenters. The maximum Gasteiger partial charge on any atom is 0.229 e. The van der Waals surface area contributed by atoms with Gasteiger partial charge in [-0.15, -0.1) is 0 Å². The number of amides is 2. The Bertz CT molecular complexity index is 882. The SMILES string of the molecule is CCc1cccc(C)c1NC(=O)C1CC(=O)N(c2cc(Cl)ccc2OC)C1. The van der Waals surface area contributed by atoms with Gasteiger partial charge in [0.15, 0.2) is 0 Å². The van der Waals surface area contributed by atoms with Crippen LogP contribution in [0, 0.1) is 12.8 Å². The normalized spacial score (nSPS) is 16.5. The molecule has 1 aliphatic rings. The summed E-state index contributed by atoms with van der Waals surface area (Å²) in [4.78, 5) is 27.0. The maximum atomic E-state index is 12.8. The van der Waals surface area contributed by atoms with Gasteiger partial charge in [0.05, 0.1) is 18.7 Å². The highest BCUT2D eigenvalue weighted by Gasteiger charge is 2.36. The highest BCUT2D eigenvalue weighted by atomic mass is 35.5. The van der Waals surface area contributed by atoms with Gasteiger partial charge in [-0.25, -0.2) is 0 Å². The minimum atomic E-state index is -0.425. The fraction of sp³-hybridized carbons (Fsp3) is 0.333. The Morgan fingerprint density at radius 1 is 1.33 bits per heavy atom. The van der Waals surface area contributed by atoms with Gasteiger partial charge in [0.1, 0.15) is 5.75 Å². The molecule has 0 radical (unpaired) electrons. The van der Waals surface area contributed by atoms with E-state index in [9.17, 15) is 9.59 Å². The van der Waals surface area contributed by atoms with E-state index >= 15 is 0 Å². The highest BCUT2D eigenvalue weighted by Crippen LogP contribution is 2.35. The number of carbonyl (C=O) groups is 2. The Morgan fingerprint density at radius 3 is 2.81 bits per heavy atom. The molecule has 1 heterocycles. The van der Waals surface area contributed by atoms with Crippen molar-refractivity contribution in [2.75, 3.05) is 23.9 Å². The molecular formula is C21H23ClN2O3. The summed E-state index contributed by atoms with van der Waals surface area (Å²) in [6.45, 7) is 4.32. The molecule has 2 aromatic rings. The van der Waals surface area contributed by atoms with Crippen LogP contribution in [0.3, 0.4) is 0 Å². The monoisotopic (exact) mass is 386 g/mol. The van der Waals surface area contributed by atoms with Crippen LogP contribution in [0.25, 0.3) is 0 Å². The van der Waals surface area contributed by atoms with Crippen LogP contribution in [0.1, 0.15) is 24.5 Å². The molecule has 0 aliphatic carbocycles. The molecule has 27 heavy (non-hydrogen) atoms. The maximum absolute atomic E-state index is 12.8. The van der Waals surface area contributed by atoms with Crippen LogP contribution in [0.15, 0.2) is 36.4 Å². The quantitative estimate of drug-likeness (QED) is 0.837. The first-order valence-corrected chi connectivity index (χ1v) is 9.35. The van der Waals surface area contributed by atoms with Crippen molar-refractivity contribution >= 4 is 34.8 Å². The largest absolute Gasteiger partial charge is 0.495 e. The number of hydrogen-bond donors (Lipinski definition) is 1. The van der Waals surface area contributed by atoms with E-state index in [4.69, 9.17) is 16.3 Å². The smallest absolute Gasteiger partial charge is 0.229 e. The number of aryl methyl sites for hydroxylation is 2. The number of benzene rings is 2. The van der Waals surface area contributed by atoms with Crippen molar-refractivity contribution in [1.29, 1.82) is 0 Å². The number of nitrogens with one attached hydrogen (secondary N) is 1. The molecule has 1 saturated heterocycles. The lowest BCUT2D eigenvalue weighted by Crippen LogP contribution is -2.28. The third kappa shape index (κ3) is 3.93. The average molecular weight is 387 g/mol. The summed E-state index contributed by atoms with van der Waals surface area (Å²) in [6.07, 6.45) is 0.988. The molecule has 0 saturated carbocycles. The second-order valence-corrected chi connectivity index (χ2v) is 7.11. The molecule has 6 heteroatoms. The van der Waals surface area contributed by atoms with Gasteiger partial charge in [-0.2, -0.15) is 0 Å². The first-order valence-electron chi connectivity index (χ1n) is 8.97. The topological polar surface area (TPSA) is 58.6 Å². The zero-order chi connectivity index (χ0) is 19.6. The van der Waals surface area contributed by atoms with Gasteiger partial charge < -0.3 is 15.0 Å². The number of methoxy groups -OCH3 is 1. The first-order chi connectivity index (χ1) is 12.9. The van der Waals surface area contributed by atoms with E-state index in [1.807, 2.05) is 25.1 Å². The van der Waals surface area contributed by atoms with Gasteiger partial charge in [-0.05, 0) is 42.7 Å². The van der Waals surface area contributed by atoms with Gasteiger partial charge >= 0.3 is 0 Å². The minimum absolute atomic E-state index is 0.115. The molecular weight excluding hydrogens is 364 g/mol. The number of nitrogens with zero attached hydrogens (tertiary/aromatic N) is 1. The molecule has 142 valence electrons. The number of ether oxygens (including phenoxy) is 1. The van der Waals surface area contributed by atoms with Crippen molar-refractivity contribution in [1.82, 2.24) is 0 Å². The van der Waals surface area contributed by atoms with Gasteiger partial charge in [0, 0.05) is 23.7 Å². The predicted molar refractivity (Wildman–Crippen MR) is 108 cm³/mol. The van der Waals surface area contributed by atoms with Crippen LogP contribution < -0.4 is 15.0 Å². The average Bonchev–Trinajstić information content (AvgIpc) is 3.05. The highest BCUT2D eigenvalue weighted by molar-refractivity contribution is 6.31. The summed E-state index contributed by atoms with van der Waals surface area (Å²) < 4.78 is 5.35. The summed E-state index contributed by atoms with van der Waals surface area (Å²) in [5.41, 5.74) is 3.54. The number of para-hydroxylation sites is 1. The molecule has 1 N–H and O–H groups in total. The summed E-state index contributed by atoms with van der Waals surface area (Å²) in [5.74, 6) is -0.126. The third-order valence-electron chi connectivity index (χ3n) is 4.92. The van der Waals surface area contributed by atoms with E-state index in [0.29, 0.717) is 23.0 Å². The lowest BCUT2D eigenvalue weighted by atomic mass is 10.0. The van der Waals surface area contributed by atoms with Crippen LogP contribution in [-0.2, 0) is 16.0 Å².